The largest absolute Gasteiger partial charge is 0.329 e. The molecule has 102 valence electrons. The highest BCUT2D eigenvalue weighted by atomic mass is 32.1. The van der Waals surface area contributed by atoms with Gasteiger partial charge in [0.2, 0.25) is 0 Å². The van der Waals surface area contributed by atoms with Crippen molar-refractivity contribution in [1.82, 2.24) is 4.90 Å². The molecule has 0 amide bonds. The van der Waals surface area contributed by atoms with E-state index in [1.54, 1.807) is 11.3 Å². The van der Waals surface area contributed by atoms with Gasteiger partial charge in [-0.2, -0.15) is 11.3 Å². The molecule has 0 saturated heterocycles. The normalized spacial score (nSPS) is 12.8. The molecule has 0 aliphatic carbocycles. The summed E-state index contributed by atoms with van der Waals surface area (Å²) in [6, 6.07) is 11.3. The van der Waals surface area contributed by atoms with Crippen LogP contribution in [0.4, 0.5) is 0 Å². The summed E-state index contributed by atoms with van der Waals surface area (Å²) in [6.07, 6.45) is 1.08. The second-order valence-corrected chi connectivity index (χ2v) is 5.67. The van der Waals surface area contributed by atoms with Crippen molar-refractivity contribution in [1.29, 1.82) is 0 Å². The Kier molecular flexibility index (Phi) is 5.14. The minimum atomic E-state index is 0.283. The Bertz CT molecular complexity index is 476. The van der Waals surface area contributed by atoms with Crippen molar-refractivity contribution in [3.8, 4) is 0 Å². The molecule has 0 saturated carbocycles. The Labute approximate surface area is 119 Å². The van der Waals surface area contributed by atoms with Gasteiger partial charge in [0.05, 0.1) is 0 Å². The quantitative estimate of drug-likeness (QED) is 0.874. The highest BCUT2D eigenvalue weighted by Crippen LogP contribution is 2.21. The number of nitrogens with two attached hydrogens (primary N) is 1. The lowest BCUT2D eigenvalue weighted by Gasteiger charge is -2.27. The molecule has 2 nitrogen and oxygen atoms in total. The van der Waals surface area contributed by atoms with Crippen molar-refractivity contribution in [3.05, 3.63) is 57.8 Å². The van der Waals surface area contributed by atoms with Crippen molar-refractivity contribution < 1.29 is 0 Å². The molecule has 1 aromatic heterocycles. The number of aryl methyl sites for hydroxylation is 1. The lowest BCUT2D eigenvalue weighted by atomic mass is 10.0. The van der Waals surface area contributed by atoms with Gasteiger partial charge in [-0.1, -0.05) is 31.2 Å². The van der Waals surface area contributed by atoms with Gasteiger partial charge in [0.25, 0.3) is 0 Å². The first-order chi connectivity index (χ1) is 9.24. The average molecular weight is 274 g/mol. The summed E-state index contributed by atoms with van der Waals surface area (Å²) in [5.74, 6) is 0. The van der Waals surface area contributed by atoms with E-state index in [4.69, 9.17) is 5.73 Å². The van der Waals surface area contributed by atoms with Crippen LogP contribution >= 0.6 is 11.3 Å². The third-order valence-electron chi connectivity index (χ3n) is 3.54. The van der Waals surface area contributed by atoms with Crippen molar-refractivity contribution >= 4 is 11.3 Å². The zero-order chi connectivity index (χ0) is 13.7. The molecule has 0 aliphatic rings. The van der Waals surface area contributed by atoms with E-state index in [-0.39, 0.29) is 6.04 Å². The van der Waals surface area contributed by atoms with E-state index >= 15 is 0 Å². The molecule has 0 aliphatic heterocycles. The molecular formula is C16H22N2S. The number of benzene rings is 1. The van der Waals surface area contributed by atoms with Gasteiger partial charge in [-0.25, -0.2) is 0 Å². The molecule has 1 atom stereocenters. The van der Waals surface area contributed by atoms with Gasteiger partial charge in [-0.15, -0.1) is 0 Å². The number of rotatable bonds is 6. The zero-order valence-electron chi connectivity index (χ0n) is 11.7. The van der Waals surface area contributed by atoms with Crippen LogP contribution in [0, 0.1) is 0 Å². The van der Waals surface area contributed by atoms with Gasteiger partial charge in [0.1, 0.15) is 0 Å². The minimum Gasteiger partial charge on any atom is -0.329 e. The van der Waals surface area contributed by atoms with Crippen LogP contribution in [0.25, 0.3) is 0 Å². The number of hydrogen-bond acceptors (Lipinski definition) is 3. The highest BCUT2D eigenvalue weighted by molar-refractivity contribution is 7.07. The maximum absolute atomic E-state index is 5.97. The maximum Gasteiger partial charge on any atom is 0.0470 e. The van der Waals surface area contributed by atoms with Crippen molar-refractivity contribution in [2.75, 3.05) is 13.6 Å². The van der Waals surface area contributed by atoms with Gasteiger partial charge >= 0.3 is 0 Å². The molecule has 1 aromatic carbocycles. The average Bonchev–Trinajstić information content (AvgIpc) is 2.93. The summed E-state index contributed by atoms with van der Waals surface area (Å²) in [4.78, 5) is 2.32. The van der Waals surface area contributed by atoms with Crippen LogP contribution < -0.4 is 5.73 Å². The first kappa shape index (κ1) is 14.3. The van der Waals surface area contributed by atoms with E-state index in [0.29, 0.717) is 6.54 Å². The third-order valence-corrected chi connectivity index (χ3v) is 4.27. The smallest absolute Gasteiger partial charge is 0.0470 e. The fourth-order valence-electron chi connectivity index (χ4n) is 2.33. The topological polar surface area (TPSA) is 29.3 Å². The summed E-state index contributed by atoms with van der Waals surface area (Å²) in [5, 5.41) is 4.32. The first-order valence-electron chi connectivity index (χ1n) is 6.74. The summed E-state index contributed by atoms with van der Waals surface area (Å²) in [6.45, 7) is 3.77. The molecule has 0 spiro atoms. The molecule has 2 aromatic rings. The fraction of sp³-hybridized carbons (Fsp3) is 0.375. The number of nitrogens with zero attached hydrogens (tertiary/aromatic N) is 1. The Balaban J connectivity index is 2.09. The molecule has 1 unspecified atom stereocenters. The lowest BCUT2D eigenvalue weighted by molar-refractivity contribution is 0.242. The van der Waals surface area contributed by atoms with Crippen LogP contribution in [-0.2, 0) is 13.0 Å². The van der Waals surface area contributed by atoms with Gasteiger partial charge in [-0.3, -0.25) is 4.90 Å². The van der Waals surface area contributed by atoms with Crippen molar-refractivity contribution in [2.24, 2.45) is 5.73 Å². The summed E-state index contributed by atoms with van der Waals surface area (Å²) < 4.78 is 0. The summed E-state index contributed by atoms with van der Waals surface area (Å²) >= 11 is 1.74. The molecular weight excluding hydrogens is 252 g/mol. The predicted molar refractivity (Wildman–Crippen MR) is 83.4 cm³/mol. The van der Waals surface area contributed by atoms with Gasteiger partial charge in [0, 0.05) is 19.1 Å². The van der Waals surface area contributed by atoms with Gasteiger partial charge in [-0.05, 0) is 47.0 Å². The molecule has 0 radical (unpaired) electrons. The van der Waals surface area contributed by atoms with Crippen molar-refractivity contribution in [3.63, 3.8) is 0 Å². The molecule has 2 N–H and O–H groups in total. The van der Waals surface area contributed by atoms with Crippen LogP contribution in [-0.4, -0.2) is 18.5 Å². The highest BCUT2D eigenvalue weighted by Gasteiger charge is 2.15. The van der Waals surface area contributed by atoms with Crippen LogP contribution in [0.5, 0.6) is 0 Å². The molecule has 0 bridgehead atoms. The zero-order valence-corrected chi connectivity index (χ0v) is 12.5. The number of hydrogen-bond donors (Lipinski definition) is 1. The Morgan fingerprint density at radius 3 is 2.42 bits per heavy atom. The predicted octanol–water partition coefficient (Wildman–Crippen LogP) is 3.44. The van der Waals surface area contributed by atoms with E-state index in [1.807, 2.05) is 0 Å². The SMILES string of the molecule is CCc1ccc(C(CN)N(C)Cc2ccsc2)cc1. The third kappa shape index (κ3) is 3.66. The van der Waals surface area contributed by atoms with Crippen LogP contribution in [0.1, 0.15) is 29.7 Å². The molecule has 3 heteroatoms. The van der Waals surface area contributed by atoms with E-state index < -0.39 is 0 Å². The lowest BCUT2D eigenvalue weighted by Crippen LogP contribution is -2.30. The van der Waals surface area contributed by atoms with Crippen LogP contribution in [0.3, 0.4) is 0 Å². The van der Waals surface area contributed by atoms with E-state index in [0.717, 1.165) is 13.0 Å². The molecule has 2 rings (SSSR count). The van der Waals surface area contributed by atoms with E-state index in [9.17, 15) is 0 Å². The minimum absolute atomic E-state index is 0.283. The standard InChI is InChI=1S/C16H22N2S/c1-3-13-4-6-15(7-5-13)16(10-17)18(2)11-14-8-9-19-12-14/h4-9,12,16H,3,10-11,17H2,1-2H3. The Morgan fingerprint density at radius 1 is 1.16 bits per heavy atom. The second-order valence-electron chi connectivity index (χ2n) is 4.89. The van der Waals surface area contributed by atoms with Gasteiger partial charge < -0.3 is 5.73 Å². The number of thiophene rings is 1. The fourth-order valence-corrected chi connectivity index (χ4v) is 2.99. The van der Waals surface area contributed by atoms with Crippen molar-refractivity contribution in [2.45, 2.75) is 25.9 Å². The number of likely N-dealkylation sites (N-methyl/N-ethyl adjacent to an activating group) is 1. The van der Waals surface area contributed by atoms with Gasteiger partial charge in [0.15, 0.2) is 0 Å². The summed E-state index contributed by atoms with van der Waals surface area (Å²) in [7, 11) is 2.14. The van der Waals surface area contributed by atoms with E-state index in [2.05, 4.69) is 60.0 Å². The summed E-state index contributed by atoms with van der Waals surface area (Å²) in [5.41, 5.74) is 10.0. The Morgan fingerprint density at radius 2 is 1.89 bits per heavy atom. The maximum atomic E-state index is 5.97. The molecule has 0 fully saturated rings. The molecule has 1 heterocycles. The van der Waals surface area contributed by atoms with E-state index in [1.165, 1.54) is 16.7 Å². The second kappa shape index (κ2) is 6.85. The monoisotopic (exact) mass is 274 g/mol. The van der Waals surface area contributed by atoms with Crippen LogP contribution in [0.15, 0.2) is 41.1 Å². The Hall–Kier alpha value is -1.16. The molecule has 19 heavy (non-hydrogen) atoms. The van der Waals surface area contributed by atoms with Crippen LogP contribution in [0.2, 0.25) is 0 Å². The first-order valence-corrected chi connectivity index (χ1v) is 7.69.